The summed E-state index contributed by atoms with van der Waals surface area (Å²) in [6.45, 7) is 0.0750. The Balaban J connectivity index is 2.05. The van der Waals surface area contributed by atoms with E-state index in [-0.39, 0.29) is 6.61 Å². The largest absolute Gasteiger partial charge is 0.489 e. The molecule has 0 heterocycles. The Morgan fingerprint density at radius 3 is 2.32 bits per heavy atom. The molecule has 0 N–H and O–H groups in total. The summed E-state index contributed by atoms with van der Waals surface area (Å²) in [5, 5.41) is 0.575. The number of hydrogen-bond acceptors (Lipinski definition) is 1. The van der Waals surface area contributed by atoms with Crippen LogP contribution < -0.4 is 4.74 Å². The third-order valence-electron chi connectivity index (χ3n) is 2.47. The van der Waals surface area contributed by atoms with Crippen LogP contribution in [0.4, 0.5) is 13.2 Å². The fourth-order valence-corrected chi connectivity index (χ4v) is 1.66. The summed E-state index contributed by atoms with van der Waals surface area (Å²) in [5.74, 6) is 0.557. The highest BCUT2D eigenvalue weighted by atomic mass is 35.5. The molecule has 2 aromatic rings. The van der Waals surface area contributed by atoms with Crippen LogP contribution in [0.3, 0.4) is 0 Å². The average Bonchev–Trinajstić information content (AvgIpc) is 2.37. The van der Waals surface area contributed by atoms with E-state index < -0.39 is 11.7 Å². The smallest absolute Gasteiger partial charge is 0.416 e. The van der Waals surface area contributed by atoms with Crippen molar-refractivity contribution in [2.45, 2.75) is 12.8 Å². The number of halogens is 4. The maximum absolute atomic E-state index is 12.5. The highest BCUT2D eigenvalue weighted by Crippen LogP contribution is 2.29. The lowest BCUT2D eigenvalue weighted by Crippen LogP contribution is -2.06. The topological polar surface area (TPSA) is 9.23 Å². The molecular weight excluding hydrogens is 277 g/mol. The minimum Gasteiger partial charge on any atom is -0.489 e. The molecule has 0 spiro atoms. The van der Waals surface area contributed by atoms with E-state index in [4.69, 9.17) is 16.3 Å². The Kier molecular flexibility index (Phi) is 4.00. The summed E-state index contributed by atoms with van der Waals surface area (Å²) in [6, 6.07) is 11.7. The Labute approximate surface area is 113 Å². The lowest BCUT2D eigenvalue weighted by molar-refractivity contribution is -0.137. The number of alkyl halides is 3. The van der Waals surface area contributed by atoms with Crippen LogP contribution in [0, 0.1) is 0 Å². The fourth-order valence-electron chi connectivity index (χ4n) is 1.53. The number of benzene rings is 2. The number of hydrogen-bond donors (Lipinski definition) is 0. The normalized spacial score (nSPS) is 11.4. The van der Waals surface area contributed by atoms with E-state index in [1.54, 1.807) is 30.3 Å². The molecule has 0 aliphatic rings. The zero-order chi connectivity index (χ0) is 13.9. The molecule has 1 nitrogen and oxygen atoms in total. The van der Waals surface area contributed by atoms with Crippen LogP contribution in [-0.2, 0) is 12.8 Å². The molecule has 0 fully saturated rings. The zero-order valence-electron chi connectivity index (χ0n) is 9.75. The van der Waals surface area contributed by atoms with Gasteiger partial charge in [-0.1, -0.05) is 23.7 Å². The fraction of sp³-hybridized carbons (Fsp3) is 0.143. The third kappa shape index (κ3) is 3.89. The van der Waals surface area contributed by atoms with Gasteiger partial charge in [0.2, 0.25) is 0 Å². The van der Waals surface area contributed by atoms with Crippen LogP contribution in [0.15, 0.2) is 48.5 Å². The van der Waals surface area contributed by atoms with Crippen molar-refractivity contribution in [2.75, 3.05) is 0 Å². The lowest BCUT2D eigenvalue weighted by atomic mass is 10.1. The quantitative estimate of drug-likeness (QED) is 0.777. The second-order valence-electron chi connectivity index (χ2n) is 3.94. The van der Waals surface area contributed by atoms with Gasteiger partial charge >= 0.3 is 6.18 Å². The van der Waals surface area contributed by atoms with E-state index in [9.17, 15) is 13.2 Å². The number of rotatable bonds is 3. The molecule has 0 saturated heterocycles. The van der Waals surface area contributed by atoms with Crippen molar-refractivity contribution >= 4 is 11.6 Å². The third-order valence-corrected chi connectivity index (χ3v) is 2.73. The van der Waals surface area contributed by atoms with Gasteiger partial charge in [-0.15, -0.1) is 0 Å². The first-order valence-corrected chi connectivity index (χ1v) is 5.87. The van der Waals surface area contributed by atoms with Crippen molar-refractivity contribution < 1.29 is 17.9 Å². The molecule has 0 aliphatic heterocycles. The molecule has 0 atom stereocenters. The van der Waals surface area contributed by atoms with Gasteiger partial charge in [0.15, 0.2) is 0 Å². The first-order valence-electron chi connectivity index (χ1n) is 5.50. The van der Waals surface area contributed by atoms with Gasteiger partial charge in [0.05, 0.1) is 5.56 Å². The SMILES string of the molecule is FC(F)(F)c1cccc(COc2ccc(Cl)cc2)c1. The van der Waals surface area contributed by atoms with Gasteiger partial charge in [0, 0.05) is 5.02 Å². The Hall–Kier alpha value is -1.68. The molecule has 0 amide bonds. The molecule has 2 aromatic carbocycles. The van der Waals surface area contributed by atoms with E-state index in [0.29, 0.717) is 16.3 Å². The highest BCUT2D eigenvalue weighted by molar-refractivity contribution is 6.30. The molecule has 0 bridgehead atoms. The Morgan fingerprint density at radius 2 is 1.68 bits per heavy atom. The van der Waals surface area contributed by atoms with E-state index >= 15 is 0 Å². The minimum atomic E-state index is -4.34. The monoisotopic (exact) mass is 286 g/mol. The van der Waals surface area contributed by atoms with Crippen molar-refractivity contribution in [2.24, 2.45) is 0 Å². The molecule has 2 rings (SSSR count). The first kappa shape index (κ1) is 13.7. The minimum absolute atomic E-state index is 0.0750. The van der Waals surface area contributed by atoms with Gasteiger partial charge in [-0.3, -0.25) is 0 Å². The van der Waals surface area contributed by atoms with Crippen LogP contribution in [0.2, 0.25) is 5.02 Å². The predicted molar refractivity (Wildman–Crippen MR) is 67.2 cm³/mol. The van der Waals surface area contributed by atoms with E-state index in [1.165, 1.54) is 6.07 Å². The van der Waals surface area contributed by atoms with Crippen LogP contribution in [0.25, 0.3) is 0 Å². The molecular formula is C14H10ClF3O. The Bertz CT molecular complexity index is 549. The molecule has 0 saturated carbocycles. The van der Waals surface area contributed by atoms with Crippen LogP contribution in [0.5, 0.6) is 5.75 Å². The zero-order valence-corrected chi connectivity index (χ0v) is 10.5. The molecule has 0 radical (unpaired) electrons. The maximum Gasteiger partial charge on any atom is 0.416 e. The van der Waals surface area contributed by atoms with Crippen molar-refractivity contribution in [3.8, 4) is 5.75 Å². The molecule has 19 heavy (non-hydrogen) atoms. The van der Waals surface area contributed by atoms with Crippen molar-refractivity contribution in [1.82, 2.24) is 0 Å². The summed E-state index contributed by atoms with van der Waals surface area (Å²) < 4.78 is 42.9. The van der Waals surface area contributed by atoms with Crippen LogP contribution >= 0.6 is 11.6 Å². The summed E-state index contributed by atoms with van der Waals surface area (Å²) in [5.41, 5.74) is -0.213. The van der Waals surface area contributed by atoms with E-state index in [2.05, 4.69) is 0 Å². The van der Waals surface area contributed by atoms with E-state index in [0.717, 1.165) is 12.1 Å². The van der Waals surface area contributed by atoms with E-state index in [1.807, 2.05) is 0 Å². The molecule has 0 aliphatic carbocycles. The van der Waals surface area contributed by atoms with Gasteiger partial charge in [0.1, 0.15) is 12.4 Å². The van der Waals surface area contributed by atoms with Gasteiger partial charge in [0.25, 0.3) is 0 Å². The van der Waals surface area contributed by atoms with Gasteiger partial charge in [-0.2, -0.15) is 13.2 Å². The maximum atomic E-state index is 12.5. The van der Waals surface area contributed by atoms with Gasteiger partial charge < -0.3 is 4.74 Å². The van der Waals surface area contributed by atoms with Gasteiger partial charge in [-0.25, -0.2) is 0 Å². The molecule has 100 valence electrons. The summed E-state index contributed by atoms with van der Waals surface area (Å²) >= 11 is 5.72. The second-order valence-corrected chi connectivity index (χ2v) is 4.38. The van der Waals surface area contributed by atoms with Crippen molar-refractivity contribution in [3.05, 3.63) is 64.7 Å². The van der Waals surface area contributed by atoms with Gasteiger partial charge in [-0.05, 0) is 42.0 Å². The molecule has 0 unspecified atom stereocenters. The summed E-state index contributed by atoms with van der Waals surface area (Å²) in [6.07, 6.45) is -4.34. The summed E-state index contributed by atoms with van der Waals surface area (Å²) in [7, 11) is 0. The predicted octanol–water partition coefficient (Wildman–Crippen LogP) is 4.94. The molecule has 0 aromatic heterocycles. The lowest BCUT2D eigenvalue weighted by Gasteiger charge is -2.10. The first-order chi connectivity index (χ1) is 8.95. The van der Waals surface area contributed by atoms with Crippen LogP contribution in [0.1, 0.15) is 11.1 Å². The Morgan fingerprint density at radius 1 is 1.00 bits per heavy atom. The molecule has 5 heteroatoms. The number of ether oxygens (including phenoxy) is 1. The van der Waals surface area contributed by atoms with Crippen LogP contribution in [-0.4, -0.2) is 0 Å². The standard InChI is InChI=1S/C14H10ClF3O/c15-12-4-6-13(7-5-12)19-9-10-2-1-3-11(8-10)14(16,17)18/h1-8H,9H2. The second kappa shape index (κ2) is 5.53. The van der Waals surface area contributed by atoms with Crippen molar-refractivity contribution in [3.63, 3.8) is 0 Å². The summed E-state index contributed by atoms with van der Waals surface area (Å²) in [4.78, 5) is 0. The average molecular weight is 287 g/mol. The van der Waals surface area contributed by atoms with Crippen molar-refractivity contribution in [1.29, 1.82) is 0 Å². The highest BCUT2D eigenvalue weighted by Gasteiger charge is 2.30.